The highest BCUT2D eigenvalue weighted by atomic mass is 16.3. The average Bonchev–Trinajstić information content (AvgIpc) is 3.12. The van der Waals surface area contributed by atoms with Crippen molar-refractivity contribution < 1.29 is 14.8 Å². The summed E-state index contributed by atoms with van der Waals surface area (Å²) in [6.07, 6.45) is 5.69. The first-order valence-electron chi connectivity index (χ1n) is 8.40. The van der Waals surface area contributed by atoms with E-state index in [2.05, 4.69) is 15.2 Å². The Morgan fingerprint density at radius 2 is 2.04 bits per heavy atom. The number of rotatable bonds is 4. The summed E-state index contributed by atoms with van der Waals surface area (Å²) in [5, 5.41) is 12.2. The van der Waals surface area contributed by atoms with Gasteiger partial charge in [-0.3, -0.25) is 9.69 Å². The van der Waals surface area contributed by atoms with Crippen LogP contribution < -0.4 is 15.1 Å². The van der Waals surface area contributed by atoms with Gasteiger partial charge in [0.25, 0.3) is 5.91 Å². The van der Waals surface area contributed by atoms with Crippen LogP contribution in [0, 0.1) is 0 Å². The summed E-state index contributed by atoms with van der Waals surface area (Å²) < 4.78 is 0. The number of amides is 1. The Balaban J connectivity index is 1.49. The van der Waals surface area contributed by atoms with Crippen LogP contribution in [0.25, 0.3) is 0 Å². The van der Waals surface area contributed by atoms with Crippen molar-refractivity contribution in [1.82, 2.24) is 0 Å². The minimum Gasteiger partial charge on any atom is -0.392 e. The number of carbonyl (C=O) groups is 1. The monoisotopic (exact) mass is 347 g/mol. The molecule has 0 aliphatic carbocycles. The van der Waals surface area contributed by atoms with Gasteiger partial charge in [0.1, 0.15) is 6.20 Å². The fourth-order valence-corrected chi connectivity index (χ4v) is 2.98. The van der Waals surface area contributed by atoms with Crippen LogP contribution in [0.2, 0.25) is 0 Å². The lowest BCUT2D eigenvalue weighted by Gasteiger charge is -2.26. The van der Waals surface area contributed by atoms with E-state index in [1.165, 1.54) is 0 Å². The molecule has 26 heavy (non-hydrogen) atoms. The van der Waals surface area contributed by atoms with Gasteiger partial charge in [0, 0.05) is 23.7 Å². The van der Waals surface area contributed by atoms with Crippen molar-refractivity contribution >= 4 is 23.1 Å². The molecular weight excluding hydrogens is 328 g/mol. The van der Waals surface area contributed by atoms with Gasteiger partial charge in [0.05, 0.1) is 6.61 Å². The molecule has 0 saturated carbocycles. The molecule has 2 aliphatic heterocycles. The van der Waals surface area contributed by atoms with Crippen LogP contribution in [0.4, 0.5) is 11.4 Å². The zero-order valence-electron chi connectivity index (χ0n) is 14.1. The molecule has 130 valence electrons. The van der Waals surface area contributed by atoms with Crippen molar-refractivity contribution in [2.75, 3.05) is 16.9 Å². The fraction of sp³-hybridized carbons (Fsp3) is 0.100. The lowest BCUT2D eigenvalue weighted by Crippen LogP contribution is -3.11. The lowest BCUT2D eigenvalue weighted by molar-refractivity contribution is -0.742. The number of para-hydroxylation sites is 1. The zero-order chi connectivity index (χ0) is 17.9. The molecule has 1 atom stereocenters. The van der Waals surface area contributed by atoms with E-state index in [1.54, 1.807) is 0 Å². The van der Waals surface area contributed by atoms with Gasteiger partial charge in [-0.1, -0.05) is 30.3 Å². The predicted molar refractivity (Wildman–Crippen MR) is 100 cm³/mol. The molecule has 1 unspecified atom stereocenters. The summed E-state index contributed by atoms with van der Waals surface area (Å²) in [5.41, 5.74) is 3.02. The molecule has 6 nitrogen and oxygen atoms in total. The van der Waals surface area contributed by atoms with Crippen LogP contribution in [0.3, 0.4) is 0 Å². The molecule has 0 aromatic heterocycles. The summed E-state index contributed by atoms with van der Waals surface area (Å²) in [7, 11) is 0. The number of hydrogen-bond donors (Lipinski definition) is 3. The molecular formula is C20H19N4O2+. The summed E-state index contributed by atoms with van der Waals surface area (Å²) >= 11 is 0. The molecule has 4 rings (SSSR count). The number of nitrogens with zero attached hydrogens (tertiary/aromatic N) is 2. The Bertz CT molecular complexity index is 918. The minimum atomic E-state index is -0.215. The Morgan fingerprint density at radius 3 is 2.85 bits per heavy atom. The average molecular weight is 347 g/mol. The number of fused-ring (bicyclic) bond motifs is 1. The molecule has 1 amide bonds. The fourth-order valence-electron chi connectivity index (χ4n) is 2.98. The van der Waals surface area contributed by atoms with Gasteiger partial charge in [0.15, 0.2) is 12.4 Å². The highest BCUT2D eigenvalue weighted by Crippen LogP contribution is 2.18. The largest absolute Gasteiger partial charge is 0.392 e. The summed E-state index contributed by atoms with van der Waals surface area (Å²) in [4.78, 5) is 19.9. The van der Waals surface area contributed by atoms with Crippen LogP contribution >= 0.6 is 0 Å². The number of nitrogens with one attached hydrogen (secondary N) is 2. The molecule has 2 aliphatic rings. The number of benzene rings is 2. The normalized spacial score (nSPS) is 18.2. The number of aliphatic imine (C=N–C) groups is 1. The second kappa shape index (κ2) is 6.95. The Labute approximate surface area is 151 Å². The molecule has 6 heteroatoms. The van der Waals surface area contributed by atoms with E-state index >= 15 is 0 Å². The third-order valence-electron chi connectivity index (χ3n) is 4.32. The molecule has 0 fully saturated rings. The van der Waals surface area contributed by atoms with E-state index in [9.17, 15) is 9.90 Å². The summed E-state index contributed by atoms with van der Waals surface area (Å²) in [6.45, 7) is 0.644. The van der Waals surface area contributed by atoms with Gasteiger partial charge in [-0.05, 0) is 29.8 Å². The van der Waals surface area contributed by atoms with Crippen molar-refractivity contribution in [3.8, 4) is 0 Å². The van der Waals surface area contributed by atoms with Gasteiger partial charge >= 0.3 is 0 Å². The first-order chi connectivity index (χ1) is 12.7. The topological polar surface area (TPSA) is 69.4 Å². The van der Waals surface area contributed by atoms with Crippen LogP contribution in [0.5, 0.6) is 0 Å². The highest BCUT2D eigenvalue weighted by Gasteiger charge is 2.30. The summed E-state index contributed by atoms with van der Waals surface area (Å²) in [6, 6.07) is 17.1. The van der Waals surface area contributed by atoms with Gasteiger partial charge in [-0.15, -0.1) is 0 Å². The molecule has 0 saturated heterocycles. The Hall–Kier alpha value is -3.22. The molecule has 0 radical (unpaired) electrons. The lowest BCUT2D eigenvalue weighted by atomic mass is 10.2. The summed E-state index contributed by atoms with van der Waals surface area (Å²) in [5.74, 6) is 0.602. The second-order valence-electron chi connectivity index (χ2n) is 6.14. The molecule has 0 spiro atoms. The third kappa shape index (κ3) is 3.28. The number of carbonyl (C=O) groups excluding carboxylic acids is 1. The first-order valence-corrected chi connectivity index (χ1v) is 8.40. The maximum Gasteiger partial charge on any atom is 0.280 e. The van der Waals surface area contributed by atoms with Crippen molar-refractivity contribution in [1.29, 1.82) is 0 Å². The van der Waals surface area contributed by atoms with E-state index < -0.39 is 0 Å². The van der Waals surface area contributed by atoms with Crippen molar-refractivity contribution in [3.05, 3.63) is 84.3 Å². The number of amidine groups is 1. The SMILES string of the molecule is O=C(Nc1ccccc1)C1=C[NH+]2CN(c3cccc(CO)c3)C=CC2=N1. The molecule has 3 N–H and O–H groups in total. The maximum atomic E-state index is 12.4. The maximum absolute atomic E-state index is 12.4. The van der Waals surface area contributed by atoms with Crippen molar-refractivity contribution in [2.24, 2.45) is 4.99 Å². The van der Waals surface area contributed by atoms with Gasteiger partial charge < -0.3 is 10.4 Å². The Morgan fingerprint density at radius 1 is 1.19 bits per heavy atom. The highest BCUT2D eigenvalue weighted by molar-refractivity contribution is 6.06. The minimum absolute atomic E-state index is 0.0123. The number of aliphatic hydroxyl groups excluding tert-OH is 1. The number of hydrogen-bond acceptors (Lipinski definition) is 4. The van der Waals surface area contributed by atoms with Crippen molar-refractivity contribution in [2.45, 2.75) is 6.61 Å². The molecule has 2 heterocycles. The van der Waals surface area contributed by atoms with E-state index in [4.69, 9.17) is 0 Å². The van der Waals surface area contributed by atoms with E-state index in [1.807, 2.05) is 73.1 Å². The third-order valence-corrected chi connectivity index (χ3v) is 4.32. The van der Waals surface area contributed by atoms with Gasteiger partial charge in [-0.25, -0.2) is 4.90 Å². The van der Waals surface area contributed by atoms with Crippen LogP contribution in [-0.2, 0) is 11.4 Å². The van der Waals surface area contributed by atoms with Crippen LogP contribution in [0.1, 0.15) is 5.56 Å². The number of anilines is 2. The molecule has 0 bridgehead atoms. The number of quaternary nitrogens is 1. The molecule has 2 aromatic carbocycles. The van der Waals surface area contributed by atoms with E-state index in [0.717, 1.165) is 27.7 Å². The van der Waals surface area contributed by atoms with Crippen LogP contribution in [0.15, 0.2) is 83.8 Å². The van der Waals surface area contributed by atoms with Gasteiger partial charge in [-0.2, -0.15) is 4.99 Å². The standard InChI is InChI=1S/C20H18N4O2/c25-13-15-5-4-8-17(11-15)23-10-9-19-22-18(12-24(19)14-23)20(26)21-16-6-2-1-3-7-16/h1-12,25H,13-14H2,(H,21,26)/p+1. The predicted octanol–water partition coefficient (Wildman–Crippen LogP) is 1.25. The quantitative estimate of drug-likeness (QED) is 0.780. The smallest absolute Gasteiger partial charge is 0.280 e. The van der Waals surface area contributed by atoms with Crippen molar-refractivity contribution in [3.63, 3.8) is 0 Å². The van der Waals surface area contributed by atoms with Gasteiger partial charge in [0.2, 0.25) is 5.84 Å². The molecule has 2 aromatic rings. The van der Waals surface area contributed by atoms with E-state index in [-0.39, 0.29) is 12.5 Å². The van der Waals surface area contributed by atoms with Crippen LogP contribution in [-0.4, -0.2) is 23.5 Å². The number of aliphatic hydroxyl groups is 1. The first kappa shape index (κ1) is 16.3. The Kier molecular flexibility index (Phi) is 4.35. The second-order valence-corrected chi connectivity index (χ2v) is 6.14. The van der Waals surface area contributed by atoms with E-state index in [0.29, 0.717) is 12.4 Å². The zero-order valence-corrected chi connectivity index (χ0v) is 14.1.